The molecule has 5 rings (SSSR count). The first-order valence-corrected chi connectivity index (χ1v) is 13.0. The molecule has 0 radical (unpaired) electrons. The number of urea groups is 1. The standard InChI is InChI=1S/C29H26ClFN4O5/c30-23-7-2-6-20(25(23)31)16-33-28(37)35(27(36)24-8-3-10-32-24)21-13-19-9-11-40-26(19)22(14-21)18-5-1-4-17(12-18)15-34-29(38)39/h1-2,4-7,9,11-14,24,32,34H,3,8,10,15-16H2,(H,33,37)(H,38,39). The van der Waals surface area contributed by atoms with E-state index < -0.39 is 29.9 Å². The van der Waals surface area contributed by atoms with Gasteiger partial charge in [0, 0.05) is 29.6 Å². The molecule has 2 heterocycles. The lowest BCUT2D eigenvalue weighted by Gasteiger charge is -2.25. The highest BCUT2D eigenvalue weighted by molar-refractivity contribution is 6.30. The molecular formula is C29H26ClFN4O5. The Morgan fingerprint density at radius 3 is 2.67 bits per heavy atom. The fourth-order valence-electron chi connectivity index (χ4n) is 4.77. The molecule has 1 atom stereocenters. The van der Waals surface area contributed by atoms with Gasteiger partial charge in [0.15, 0.2) is 0 Å². The lowest BCUT2D eigenvalue weighted by molar-refractivity contribution is -0.119. The number of nitrogens with one attached hydrogen (secondary N) is 3. The van der Waals surface area contributed by atoms with Crippen molar-refractivity contribution < 1.29 is 28.3 Å². The summed E-state index contributed by atoms with van der Waals surface area (Å²) in [7, 11) is 0. The van der Waals surface area contributed by atoms with E-state index in [4.69, 9.17) is 21.1 Å². The van der Waals surface area contributed by atoms with Gasteiger partial charge in [-0.15, -0.1) is 0 Å². The second-order valence-electron chi connectivity index (χ2n) is 9.39. The van der Waals surface area contributed by atoms with E-state index in [1.165, 1.54) is 18.4 Å². The average Bonchev–Trinajstić information content (AvgIpc) is 3.65. The first-order chi connectivity index (χ1) is 19.3. The number of carboxylic acid groups (broad SMARTS) is 1. The van der Waals surface area contributed by atoms with E-state index in [1.54, 1.807) is 36.4 Å². The number of benzene rings is 3. The summed E-state index contributed by atoms with van der Waals surface area (Å²) < 4.78 is 20.2. The van der Waals surface area contributed by atoms with Gasteiger partial charge in [-0.25, -0.2) is 18.9 Å². The summed E-state index contributed by atoms with van der Waals surface area (Å²) in [6.45, 7) is 0.583. The van der Waals surface area contributed by atoms with E-state index >= 15 is 0 Å². The molecule has 0 bridgehead atoms. The molecule has 1 aliphatic heterocycles. The van der Waals surface area contributed by atoms with E-state index in [-0.39, 0.29) is 23.7 Å². The summed E-state index contributed by atoms with van der Waals surface area (Å²) in [5.74, 6) is -1.08. The lowest BCUT2D eigenvalue weighted by atomic mass is 10.00. The topological polar surface area (TPSA) is 124 Å². The second-order valence-corrected chi connectivity index (χ2v) is 9.79. The molecule has 11 heteroatoms. The van der Waals surface area contributed by atoms with Crippen LogP contribution in [0.4, 0.5) is 19.7 Å². The maximum absolute atomic E-state index is 14.5. The molecule has 0 spiro atoms. The summed E-state index contributed by atoms with van der Waals surface area (Å²) in [4.78, 5) is 39.3. The number of carbonyl (C=O) groups is 3. The van der Waals surface area contributed by atoms with Crippen LogP contribution in [0, 0.1) is 5.82 Å². The van der Waals surface area contributed by atoms with Gasteiger partial charge >= 0.3 is 12.1 Å². The number of furan rings is 1. The predicted octanol–water partition coefficient (Wildman–Crippen LogP) is 5.65. The molecule has 1 fully saturated rings. The summed E-state index contributed by atoms with van der Waals surface area (Å²) in [5, 5.41) is 17.7. The summed E-state index contributed by atoms with van der Waals surface area (Å²) in [5.41, 5.74) is 3.07. The number of anilines is 1. The van der Waals surface area contributed by atoms with Crippen molar-refractivity contribution in [1.29, 1.82) is 0 Å². The highest BCUT2D eigenvalue weighted by Crippen LogP contribution is 2.35. The number of hydrogen-bond donors (Lipinski definition) is 4. The van der Waals surface area contributed by atoms with Crippen molar-refractivity contribution in [3.63, 3.8) is 0 Å². The molecule has 206 valence electrons. The molecule has 4 N–H and O–H groups in total. The minimum Gasteiger partial charge on any atom is -0.465 e. The van der Waals surface area contributed by atoms with E-state index in [1.807, 2.05) is 12.1 Å². The molecule has 1 aliphatic rings. The van der Waals surface area contributed by atoms with Crippen LogP contribution in [0.15, 0.2) is 71.3 Å². The Morgan fingerprint density at radius 2 is 1.90 bits per heavy atom. The van der Waals surface area contributed by atoms with Gasteiger partial charge in [-0.2, -0.15) is 0 Å². The van der Waals surface area contributed by atoms with Crippen molar-refractivity contribution in [2.75, 3.05) is 11.4 Å². The Labute approximate surface area is 233 Å². The molecule has 1 aromatic heterocycles. The van der Waals surface area contributed by atoms with Gasteiger partial charge in [-0.1, -0.05) is 41.9 Å². The van der Waals surface area contributed by atoms with Crippen molar-refractivity contribution in [3.8, 4) is 11.1 Å². The minimum absolute atomic E-state index is 0.0642. The van der Waals surface area contributed by atoms with E-state index in [0.717, 1.165) is 16.9 Å². The quantitative estimate of drug-likeness (QED) is 0.230. The van der Waals surface area contributed by atoms with E-state index in [2.05, 4.69) is 16.0 Å². The maximum atomic E-state index is 14.5. The van der Waals surface area contributed by atoms with Crippen LogP contribution in [0.2, 0.25) is 5.02 Å². The van der Waals surface area contributed by atoms with E-state index in [0.29, 0.717) is 40.7 Å². The van der Waals surface area contributed by atoms with Crippen LogP contribution in [-0.2, 0) is 17.9 Å². The molecule has 4 amide bonds. The molecule has 0 aliphatic carbocycles. The monoisotopic (exact) mass is 564 g/mol. The Bertz CT molecular complexity index is 1580. The summed E-state index contributed by atoms with van der Waals surface area (Å²) in [6.07, 6.45) is 1.74. The zero-order valence-corrected chi connectivity index (χ0v) is 22.0. The Morgan fingerprint density at radius 1 is 1.07 bits per heavy atom. The molecular weight excluding hydrogens is 539 g/mol. The van der Waals surface area contributed by atoms with Crippen molar-refractivity contribution in [2.45, 2.75) is 32.0 Å². The normalized spacial score (nSPS) is 14.7. The number of imide groups is 1. The highest BCUT2D eigenvalue weighted by Gasteiger charge is 2.33. The van der Waals surface area contributed by atoms with Gasteiger partial charge in [-0.3, -0.25) is 4.79 Å². The number of fused-ring (bicyclic) bond motifs is 1. The largest absolute Gasteiger partial charge is 0.465 e. The smallest absolute Gasteiger partial charge is 0.404 e. The number of halogens is 2. The zero-order valence-electron chi connectivity index (χ0n) is 21.2. The van der Waals surface area contributed by atoms with Crippen molar-refractivity contribution in [3.05, 3.63) is 88.9 Å². The second kappa shape index (κ2) is 11.8. The third kappa shape index (κ3) is 5.78. The van der Waals surface area contributed by atoms with Gasteiger partial charge in [-0.05, 0) is 60.8 Å². The molecule has 40 heavy (non-hydrogen) atoms. The number of hydrogen-bond acceptors (Lipinski definition) is 5. The van der Waals surface area contributed by atoms with Crippen LogP contribution in [0.5, 0.6) is 0 Å². The Kier molecular flexibility index (Phi) is 7.99. The fraction of sp³-hybridized carbons (Fsp3) is 0.207. The van der Waals surface area contributed by atoms with Crippen LogP contribution in [0.1, 0.15) is 24.0 Å². The summed E-state index contributed by atoms with van der Waals surface area (Å²) in [6, 6.07) is 15.5. The van der Waals surface area contributed by atoms with Crippen LogP contribution >= 0.6 is 11.6 Å². The van der Waals surface area contributed by atoms with Gasteiger partial charge < -0.3 is 25.5 Å². The number of carbonyl (C=O) groups excluding carboxylic acids is 2. The van der Waals surface area contributed by atoms with Gasteiger partial charge in [0.25, 0.3) is 5.91 Å². The number of amides is 4. The fourth-order valence-corrected chi connectivity index (χ4v) is 4.96. The van der Waals surface area contributed by atoms with Crippen LogP contribution in [0.3, 0.4) is 0 Å². The van der Waals surface area contributed by atoms with Gasteiger partial charge in [0.2, 0.25) is 0 Å². The van der Waals surface area contributed by atoms with Crippen LogP contribution < -0.4 is 20.9 Å². The molecule has 3 aromatic carbocycles. The number of rotatable bonds is 7. The van der Waals surface area contributed by atoms with Crippen molar-refractivity contribution in [1.82, 2.24) is 16.0 Å². The Hall–Kier alpha value is -4.41. The number of nitrogens with zero attached hydrogens (tertiary/aromatic N) is 1. The maximum Gasteiger partial charge on any atom is 0.404 e. The molecule has 1 saturated heterocycles. The molecule has 0 saturated carbocycles. The summed E-state index contributed by atoms with van der Waals surface area (Å²) >= 11 is 5.89. The Balaban J connectivity index is 1.53. The zero-order chi connectivity index (χ0) is 28.2. The SMILES string of the molecule is O=C(O)NCc1cccc(-c2cc(N(C(=O)NCc3cccc(Cl)c3F)C(=O)C3CCCN3)cc3ccoc23)c1. The average molecular weight is 565 g/mol. The predicted molar refractivity (Wildman–Crippen MR) is 149 cm³/mol. The van der Waals surface area contributed by atoms with Gasteiger partial charge in [0.05, 0.1) is 23.0 Å². The molecule has 4 aromatic rings. The molecule has 9 nitrogen and oxygen atoms in total. The van der Waals surface area contributed by atoms with Crippen molar-refractivity contribution in [2.24, 2.45) is 0 Å². The minimum atomic E-state index is -1.14. The van der Waals surface area contributed by atoms with Crippen LogP contribution in [-0.4, -0.2) is 35.7 Å². The first-order valence-electron chi connectivity index (χ1n) is 12.7. The first kappa shape index (κ1) is 27.2. The third-order valence-electron chi connectivity index (χ3n) is 6.72. The van der Waals surface area contributed by atoms with Crippen LogP contribution in [0.25, 0.3) is 22.1 Å². The van der Waals surface area contributed by atoms with Crippen molar-refractivity contribution >= 4 is 46.3 Å². The highest BCUT2D eigenvalue weighted by atomic mass is 35.5. The third-order valence-corrected chi connectivity index (χ3v) is 7.01. The lowest BCUT2D eigenvalue weighted by Crippen LogP contribution is -2.50. The molecule has 1 unspecified atom stereocenters. The van der Waals surface area contributed by atoms with E-state index in [9.17, 15) is 18.8 Å². The van der Waals surface area contributed by atoms with Gasteiger partial charge in [0.1, 0.15) is 11.4 Å².